The number of anilines is 2. The highest BCUT2D eigenvalue weighted by atomic mass is 19.1. The summed E-state index contributed by atoms with van der Waals surface area (Å²) in [4.78, 5) is 7.80. The molecule has 3 nitrogen and oxygen atoms in total. The lowest BCUT2D eigenvalue weighted by Gasteiger charge is -2.04. The molecule has 0 radical (unpaired) electrons. The van der Waals surface area contributed by atoms with Gasteiger partial charge in [0.2, 0.25) is 5.95 Å². The zero-order valence-electron chi connectivity index (χ0n) is 8.24. The number of rotatable bonds is 2. The monoisotopic (exact) mass is 203 g/mol. The summed E-state index contributed by atoms with van der Waals surface area (Å²) in [5.74, 6) is -0.0271. The summed E-state index contributed by atoms with van der Waals surface area (Å²) >= 11 is 0. The summed E-state index contributed by atoms with van der Waals surface area (Å²) in [6.07, 6.45) is 1.68. The first kappa shape index (κ1) is 9.58. The summed E-state index contributed by atoms with van der Waals surface area (Å²) in [5, 5.41) is 2.96. The second-order valence-corrected chi connectivity index (χ2v) is 3.16. The Kier molecular flexibility index (Phi) is 2.58. The molecule has 0 amide bonds. The van der Waals surface area contributed by atoms with Gasteiger partial charge in [-0.1, -0.05) is 6.07 Å². The first-order valence-corrected chi connectivity index (χ1v) is 4.56. The predicted molar refractivity (Wildman–Crippen MR) is 56.5 cm³/mol. The second kappa shape index (κ2) is 4.04. The van der Waals surface area contributed by atoms with Gasteiger partial charge in [-0.05, 0) is 31.2 Å². The van der Waals surface area contributed by atoms with Gasteiger partial charge in [0.25, 0.3) is 0 Å². The van der Waals surface area contributed by atoms with Crippen LogP contribution in [-0.2, 0) is 0 Å². The van der Waals surface area contributed by atoms with Crippen LogP contribution in [0.15, 0.2) is 36.5 Å². The molecule has 0 bridgehead atoms. The van der Waals surface area contributed by atoms with Crippen LogP contribution in [0.1, 0.15) is 5.69 Å². The fourth-order valence-corrected chi connectivity index (χ4v) is 1.17. The van der Waals surface area contributed by atoms with E-state index in [2.05, 4.69) is 15.3 Å². The van der Waals surface area contributed by atoms with E-state index in [1.54, 1.807) is 18.3 Å². The Balaban J connectivity index is 2.18. The van der Waals surface area contributed by atoms with Gasteiger partial charge >= 0.3 is 0 Å². The zero-order valence-corrected chi connectivity index (χ0v) is 8.24. The van der Waals surface area contributed by atoms with Gasteiger partial charge in [-0.25, -0.2) is 4.98 Å². The van der Waals surface area contributed by atoms with Crippen LogP contribution in [0.25, 0.3) is 0 Å². The Morgan fingerprint density at radius 2 is 2.07 bits per heavy atom. The molecule has 15 heavy (non-hydrogen) atoms. The first-order chi connectivity index (χ1) is 7.24. The molecule has 2 aromatic heterocycles. The van der Waals surface area contributed by atoms with Crippen molar-refractivity contribution in [1.29, 1.82) is 0 Å². The van der Waals surface area contributed by atoms with Crippen LogP contribution in [0.4, 0.5) is 15.9 Å². The van der Waals surface area contributed by atoms with Crippen LogP contribution in [0, 0.1) is 12.9 Å². The lowest BCUT2D eigenvalue weighted by Crippen LogP contribution is -1.95. The maximum absolute atomic E-state index is 12.8. The van der Waals surface area contributed by atoms with Gasteiger partial charge in [0.05, 0.1) is 11.9 Å². The third-order valence-electron chi connectivity index (χ3n) is 1.90. The molecule has 0 fully saturated rings. The molecular weight excluding hydrogens is 193 g/mol. The van der Waals surface area contributed by atoms with E-state index in [0.717, 1.165) is 11.4 Å². The van der Waals surface area contributed by atoms with Crippen LogP contribution >= 0.6 is 0 Å². The molecule has 2 heterocycles. The minimum atomic E-state index is -0.500. The van der Waals surface area contributed by atoms with Crippen molar-refractivity contribution < 1.29 is 4.39 Å². The summed E-state index contributed by atoms with van der Waals surface area (Å²) in [6, 6.07) is 8.35. The smallest absolute Gasteiger partial charge is 0.214 e. The third-order valence-corrected chi connectivity index (χ3v) is 1.90. The van der Waals surface area contributed by atoms with E-state index in [-0.39, 0.29) is 0 Å². The summed E-state index contributed by atoms with van der Waals surface area (Å²) in [6.45, 7) is 1.91. The highest BCUT2D eigenvalue weighted by Gasteiger charge is 1.97. The molecule has 0 saturated heterocycles. The number of pyridine rings is 2. The average Bonchev–Trinajstić information content (AvgIpc) is 2.22. The number of halogens is 1. The number of hydrogen-bond donors (Lipinski definition) is 1. The van der Waals surface area contributed by atoms with Crippen molar-refractivity contribution in [2.24, 2.45) is 0 Å². The van der Waals surface area contributed by atoms with Gasteiger partial charge in [0.1, 0.15) is 5.82 Å². The van der Waals surface area contributed by atoms with E-state index >= 15 is 0 Å². The van der Waals surface area contributed by atoms with Crippen molar-refractivity contribution >= 4 is 11.5 Å². The number of aryl methyl sites for hydroxylation is 1. The van der Waals surface area contributed by atoms with E-state index in [4.69, 9.17) is 0 Å². The maximum Gasteiger partial charge on any atom is 0.214 e. The van der Waals surface area contributed by atoms with Crippen LogP contribution < -0.4 is 5.32 Å². The molecule has 2 rings (SSSR count). The van der Waals surface area contributed by atoms with E-state index < -0.39 is 5.95 Å². The van der Waals surface area contributed by atoms with E-state index in [9.17, 15) is 4.39 Å². The number of nitrogens with zero attached hydrogens (tertiary/aromatic N) is 2. The van der Waals surface area contributed by atoms with Crippen LogP contribution in [0.3, 0.4) is 0 Å². The van der Waals surface area contributed by atoms with Crippen LogP contribution in [0.5, 0.6) is 0 Å². The average molecular weight is 203 g/mol. The fourth-order valence-electron chi connectivity index (χ4n) is 1.17. The minimum Gasteiger partial charge on any atom is -0.339 e. The Labute approximate surface area is 87.0 Å². The normalized spacial score (nSPS) is 10.0. The summed E-state index contributed by atoms with van der Waals surface area (Å²) < 4.78 is 12.8. The lowest BCUT2D eigenvalue weighted by atomic mass is 10.3. The standard InChI is InChI=1S/C11H10FN3/c1-8-5-6-9(7-13-8)14-11-4-2-3-10(12)15-11/h2-7H,1H3,(H,14,15). The molecule has 0 saturated carbocycles. The lowest BCUT2D eigenvalue weighted by molar-refractivity contribution is 0.585. The zero-order chi connectivity index (χ0) is 10.7. The van der Waals surface area contributed by atoms with Gasteiger partial charge < -0.3 is 5.32 Å². The summed E-state index contributed by atoms with van der Waals surface area (Å²) in [7, 11) is 0. The predicted octanol–water partition coefficient (Wildman–Crippen LogP) is 2.67. The molecule has 2 aromatic rings. The van der Waals surface area contributed by atoms with Crippen molar-refractivity contribution in [2.45, 2.75) is 6.92 Å². The second-order valence-electron chi connectivity index (χ2n) is 3.16. The molecule has 0 aliphatic carbocycles. The minimum absolute atomic E-state index is 0.473. The molecule has 4 heteroatoms. The molecule has 0 aliphatic heterocycles. The number of aromatic nitrogens is 2. The number of nitrogens with one attached hydrogen (secondary N) is 1. The Bertz CT molecular complexity index is 454. The highest BCUT2D eigenvalue weighted by Crippen LogP contribution is 2.13. The van der Waals surface area contributed by atoms with E-state index in [1.165, 1.54) is 6.07 Å². The highest BCUT2D eigenvalue weighted by molar-refractivity contribution is 5.54. The quantitative estimate of drug-likeness (QED) is 0.762. The van der Waals surface area contributed by atoms with Gasteiger partial charge in [-0.2, -0.15) is 4.39 Å². The fraction of sp³-hybridized carbons (Fsp3) is 0.0909. The topological polar surface area (TPSA) is 37.8 Å². The van der Waals surface area contributed by atoms with Gasteiger partial charge in [0, 0.05) is 5.69 Å². The SMILES string of the molecule is Cc1ccc(Nc2cccc(F)n2)cn1. The maximum atomic E-state index is 12.8. The van der Waals surface area contributed by atoms with Crippen molar-refractivity contribution in [3.05, 3.63) is 48.2 Å². The third kappa shape index (κ3) is 2.49. The van der Waals surface area contributed by atoms with Gasteiger partial charge in [-0.15, -0.1) is 0 Å². The number of hydrogen-bond acceptors (Lipinski definition) is 3. The van der Waals surface area contributed by atoms with Gasteiger partial charge in [0.15, 0.2) is 0 Å². The molecule has 0 spiro atoms. The molecule has 0 aromatic carbocycles. The van der Waals surface area contributed by atoms with Crippen molar-refractivity contribution in [1.82, 2.24) is 9.97 Å². The van der Waals surface area contributed by atoms with Crippen molar-refractivity contribution in [3.8, 4) is 0 Å². The molecule has 1 N–H and O–H groups in total. The van der Waals surface area contributed by atoms with E-state index in [0.29, 0.717) is 5.82 Å². The molecule has 0 atom stereocenters. The molecule has 76 valence electrons. The molecular formula is C11H10FN3. The van der Waals surface area contributed by atoms with Crippen molar-refractivity contribution in [2.75, 3.05) is 5.32 Å². The van der Waals surface area contributed by atoms with Crippen LogP contribution in [-0.4, -0.2) is 9.97 Å². The first-order valence-electron chi connectivity index (χ1n) is 4.56. The molecule has 0 aliphatic rings. The van der Waals surface area contributed by atoms with Gasteiger partial charge in [-0.3, -0.25) is 4.98 Å². The Morgan fingerprint density at radius 3 is 2.73 bits per heavy atom. The van der Waals surface area contributed by atoms with Crippen LogP contribution in [0.2, 0.25) is 0 Å². The largest absolute Gasteiger partial charge is 0.339 e. The Hall–Kier alpha value is -1.97. The van der Waals surface area contributed by atoms with Crippen molar-refractivity contribution in [3.63, 3.8) is 0 Å². The summed E-state index contributed by atoms with van der Waals surface area (Å²) in [5.41, 5.74) is 1.73. The molecule has 0 unspecified atom stereocenters. The van der Waals surface area contributed by atoms with E-state index in [1.807, 2.05) is 19.1 Å². The Morgan fingerprint density at radius 1 is 1.20 bits per heavy atom.